The van der Waals surface area contributed by atoms with Gasteiger partial charge in [0, 0.05) is 38.1 Å². The fraction of sp³-hybridized carbons (Fsp3) is 0.200. The van der Waals surface area contributed by atoms with Crippen LogP contribution in [0.1, 0.15) is 19.3 Å². The summed E-state index contributed by atoms with van der Waals surface area (Å²) in [7, 11) is 0. The molecule has 146 valence electrons. The zero-order chi connectivity index (χ0) is 19.6. The number of unbranched alkanes of at least 4 members (excludes halogenated alkanes) is 2. The van der Waals surface area contributed by atoms with Crippen LogP contribution in [0.5, 0.6) is 0 Å². The summed E-state index contributed by atoms with van der Waals surface area (Å²) in [6.07, 6.45) is 3.44. The van der Waals surface area contributed by atoms with E-state index in [1.165, 1.54) is 49.1 Å². The van der Waals surface area contributed by atoms with E-state index in [-0.39, 0.29) is 0 Å². The van der Waals surface area contributed by atoms with Gasteiger partial charge in [-0.25, -0.2) is 0 Å². The summed E-state index contributed by atoms with van der Waals surface area (Å²) >= 11 is 3.60. The summed E-state index contributed by atoms with van der Waals surface area (Å²) in [4.78, 5) is 2.65. The summed E-state index contributed by atoms with van der Waals surface area (Å²) in [5.41, 5.74) is 11.0. The highest BCUT2D eigenvalue weighted by molar-refractivity contribution is 7.13. The van der Waals surface area contributed by atoms with Crippen LogP contribution in [0.25, 0.3) is 42.7 Å². The average Bonchev–Trinajstić information content (AvgIpc) is 3.52. The van der Waals surface area contributed by atoms with Gasteiger partial charge in [0.1, 0.15) is 0 Å². The van der Waals surface area contributed by atoms with Crippen LogP contribution in [-0.2, 0) is 6.54 Å². The lowest BCUT2D eigenvalue weighted by Crippen LogP contribution is -2.01. The van der Waals surface area contributed by atoms with Gasteiger partial charge in [-0.2, -0.15) is 0 Å². The maximum absolute atomic E-state index is 5.69. The third kappa shape index (κ3) is 3.52. The molecule has 0 atom stereocenters. The van der Waals surface area contributed by atoms with Crippen molar-refractivity contribution < 1.29 is 0 Å². The van der Waals surface area contributed by atoms with Crippen LogP contribution in [0.3, 0.4) is 0 Å². The van der Waals surface area contributed by atoms with Crippen LogP contribution in [0.2, 0.25) is 0 Å². The largest absolute Gasteiger partial charge is 0.340 e. The number of rotatable bonds is 7. The molecular formula is C25H24N2S2. The van der Waals surface area contributed by atoms with Crippen LogP contribution in [0.15, 0.2) is 71.4 Å². The molecule has 0 unspecified atom stereocenters. The standard InChI is InChI=1S/C25H24N2S2/c26-12-2-1-3-13-27-22-10-8-18(24-6-4-14-28-24)16-20(22)21-17-19(9-11-23(21)27)25-7-5-15-29-25/h4-11,14-17H,1-3,12-13,26H2. The molecule has 0 aliphatic rings. The Morgan fingerprint density at radius 1 is 0.690 bits per heavy atom. The molecule has 0 saturated heterocycles. The molecule has 5 aromatic rings. The molecule has 3 heterocycles. The van der Waals surface area contributed by atoms with Gasteiger partial charge in [-0.3, -0.25) is 0 Å². The van der Waals surface area contributed by atoms with Crippen LogP contribution in [0.4, 0.5) is 0 Å². The minimum atomic E-state index is 0.779. The van der Waals surface area contributed by atoms with Crippen molar-refractivity contribution in [1.29, 1.82) is 0 Å². The van der Waals surface area contributed by atoms with Gasteiger partial charge in [-0.1, -0.05) is 30.7 Å². The highest BCUT2D eigenvalue weighted by Crippen LogP contribution is 2.37. The van der Waals surface area contributed by atoms with Crippen LogP contribution < -0.4 is 5.73 Å². The van der Waals surface area contributed by atoms with Gasteiger partial charge in [0.25, 0.3) is 0 Å². The smallest absolute Gasteiger partial charge is 0.0491 e. The van der Waals surface area contributed by atoms with Crippen LogP contribution in [0, 0.1) is 0 Å². The van der Waals surface area contributed by atoms with E-state index < -0.39 is 0 Å². The number of thiophene rings is 2. The van der Waals surface area contributed by atoms with E-state index in [1.54, 1.807) is 22.7 Å². The first-order valence-electron chi connectivity index (χ1n) is 10.2. The number of fused-ring (bicyclic) bond motifs is 3. The molecule has 0 amide bonds. The number of nitrogens with two attached hydrogens (primary N) is 1. The summed E-state index contributed by atoms with van der Waals surface area (Å²) in [5.74, 6) is 0. The van der Waals surface area contributed by atoms with Crippen LogP contribution >= 0.6 is 22.7 Å². The van der Waals surface area contributed by atoms with Crippen molar-refractivity contribution in [3.05, 3.63) is 71.4 Å². The summed E-state index contributed by atoms with van der Waals surface area (Å²) < 4.78 is 2.50. The minimum absolute atomic E-state index is 0.779. The molecule has 2 nitrogen and oxygen atoms in total. The molecule has 5 rings (SSSR count). The fourth-order valence-corrected chi connectivity index (χ4v) is 5.58. The topological polar surface area (TPSA) is 30.9 Å². The highest BCUT2D eigenvalue weighted by Gasteiger charge is 2.13. The monoisotopic (exact) mass is 416 g/mol. The Labute approximate surface area is 179 Å². The van der Waals surface area contributed by atoms with Crippen molar-refractivity contribution in [3.63, 3.8) is 0 Å². The third-order valence-electron chi connectivity index (χ3n) is 5.56. The molecule has 29 heavy (non-hydrogen) atoms. The molecule has 0 aliphatic heterocycles. The van der Waals surface area contributed by atoms with Gasteiger partial charge in [-0.05, 0) is 77.7 Å². The Morgan fingerprint density at radius 3 is 1.76 bits per heavy atom. The lowest BCUT2D eigenvalue weighted by molar-refractivity contribution is 0.613. The molecule has 0 saturated carbocycles. The van der Waals surface area contributed by atoms with E-state index in [2.05, 4.69) is 76.0 Å². The molecule has 0 spiro atoms. The number of aromatic nitrogens is 1. The Hall–Kier alpha value is -2.40. The van der Waals surface area contributed by atoms with Crippen molar-refractivity contribution >= 4 is 44.5 Å². The second kappa shape index (κ2) is 8.15. The van der Waals surface area contributed by atoms with Crippen LogP contribution in [-0.4, -0.2) is 11.1 Å². The molecular weight excluding hydrogens is 392 g/mol. The SMILES string of the molecule is NCCCCCn1c2ccc(-c3cccs3)cc2c2cc(-c3cccs3)ccc21. The Kier molecular flexibility index (Phi) is 5.23. The van der Waals surface area contributed by atoms with E-state index in [0.29, 0.717) is 0 Å². The molecule has 2 N–H and O–H groups in total. The van der Waals surface area contributed by atoms with Gasteiger partial charge < -0.3 is 10.3 Å². The predicted octanol–water partition coefficient (Wildman–Crippen LogP) is 7.38. The van der Waals surface area contributed by atoms with Gasteiger partial charge in [0.05, 0.1) is 0 Å². The zero-order valence-electron chi connectivity index (χ0n) is 16.3. The van der Waals surface area contributed by atoms with E-state index in [1.807, 2.05) is 0 Å². The first-order valence-corrected chi connectivity index (χ1v) is 11.9. The zero-order valence-corrected chi connectivity index (χ0v) is 17.9. The lowest BCUT2D eigenvalue weighted by atomic mass is 10.1. The summed E-state index contributed by atoms with van der Waals surface area (Å²) in [6, 6.07) is 22.5. The van der Waals surface area contributed by atoms with Gasteiger partial charge >= 0.3 is 0 Å². The Morgan fingerprint density at radius 2 is 1.28 bits per heavy atom. The molecule has 3 aromatic heterocycles. The first kappa shape index (κ1) is 18.6. The van der Waals surface area contributed by atoms with Gasteiger partial charge in [-0.15, -0.1) is 22.7 Å². The van der Waals surface area contributed by atoms with Crippen molar-refractivity contribution in [2.45, 2.75) is 25.8 Å². The quantitative estimate of drug-likeness (QED) is 0.276. The van der Waals surface area contributed by atoms with Gasteiger partial charge in [0.15, 0.2) is 0 Å². The van der Waals surface area contributed by atoms with E-state index in [0.717, 1.165) is 25.9 Å². The van der Waals surface area contributed by atoms with Gasteiger partial charge in [0.2, 0.25) is 0 Å². The lowest BCUT2D eigenvalue weighted by Gasteiger charge is -2.08. The van der Waals surface area contributed by atoms with Crippen molar-refractivity contribution in [3.8, 4) is 20.9 Å². The summed E-state index contributed by atoms with van der Waals surface area (Å²) in [5, 5.41) is 7.00. The fourth-order valence-electron chi connectivity index (χ4n) is 4.13. The normalized spacial score (nSPS) is 11.6. The maximum Gasteiger partial charge on any atom is 0.0491 e. The van der Waals surface area contributed by atoms with Crippen molar-refractivity contribution in [1.82, 2.24) is 4.57 Å². The van der Waals surface area contributed by atoms with E-state index in [4.69, 9.17) is 5.73 Å². The average molecular weight is 417 g/mol. The second-order valence-electron chi connectivity index (χ2n) is 7.42. The molecule has 0 bridgehead atoms. The molecule has 2 aromatic carbocycles. The third-order valence-corrected chi connectivity index (χ3v) is 7.40. The Balaban J connectivity index is 1.67. The first-order chi connectivity index (χ1) is 14.3. The van der Waals surface area contributed by atoms with E-state index in [9.17, 15) is 0 Å². The Bertz CT molecular complexity index is 1140. The molecule has 4 heteroatoms. The van der Waals surface area contributed by atoms with Crippen molar-refractivity contribution in [2.24, 2.45) is 5.73 Å². The maximum atomic E-state index is 5.69. The summed E-state index contributed by atoms with van der Waals surface area (Å²) in [6.45, 7) is 1.82. The second-order valence-corrected chi connectivity index (χ2v) is 9.31. The molecule has 0 fully saturated rings. The number of benzene rings is 2. The number of aryl methyl sites for hydroxylation is 1. The minimum Gasteiger partial charge on any atom is -0.340 e. The number of hydrogen-bond acceptors (Lipinski definition) is 3. The molecule has 0 radical (unpaired) electrons. The predicted molar refractivity (Wildman–Crippen MR) is 129 cm³/mol. The van der Waals surface area contributed by atoms with Crippen molar-refractivity contribution in [2.75, 3.05) is 6.54 Å². The molecule has 0 aliphatic carbocycles. The number of hydrogen-bond donors (Lipinski definition) is 1. The van der Waals surface area contributed by atoms with E-state index >= 15 is 0 Å². The highest BCUT2D eigenvalue weighted by atomic mass is 32.1. The number of nitrogens with zero attached hydrogens (tertiary/aromatic N) is 1.